The molecule has 0 saturated carbocycles. The molecule has 0 radical (unpaired) electrons. The highest BCUT2D eigenvalue weighted by Crippen LogP contribution is 2.45. The van der Waals surface area contributed by atoms with Gasteiger partial charge in [-0.15, -0.1) is 0 Å². The van der Waals surface area contributed by atoms with Crippen LogP contribution in [0, 0.1) is 5.92 Å². The van der Waals surface area contributed by atoms with Crippen LogP contribution in [0.5, 0.6) is 0 Å². The number of aromatic nitrogens is 2. The first-order valence-corrected chi connectivity index (χ1v) is 15.8. The molecule has 45 heavy (non-hydrogen) atoms. The molecule has 1 heterocycles. The van der Waals surface area contributed by atoms with Crippen molar-refractivity contribution in [1.29, 1.82) is 0 Å². The van der Waals surface area contributed by atoms with E-state index < -0.39 is 0 Å². The monoisotopic (exact) mass is 578 g/mol. The molecule has 0 aliphatic carbocycles. The van der Waals surface area contributed by atoms with E-state index in [-0.39, 0.29) is 0 Å². The van der Waals surface area contributed by atoms with E-state index in [0.29, 0.717) is 5.92 Å². The lowest BCUT2D eigenvalue weighted by Crippen LogP contribution is -2.05. The topological polar surface area (TPSA) is 17.8 Å². The first-order chi connectivity index (χ1) is 22.2. The largest absolute Gasteiger partial charge is 0.296 e. The predicted octanol–water partition coefficient (Wildman–Crippen LogP) is 11.5. The standard InChI is InChI=1S/C43H34N2/c1-29(2)27-41-44-39-19-11-12-20-40(39)45(41)34-24-21-32(22-25-34)42-35-17-9-10-18-36(35)43(31-15-7-4-8-16-31)38-28-33(23-26-37(38)42)30-13-5-3-6-14-30/h3-26,28-29H,27H2,1-2H3. The number of imidazole rings is 1. The van der Waals surface area contributed by atoms with Crippen LogP contribution in [-0.4, -0.2) is 9.55 Å². The SMILES string of the molecule is CC(C)Cc1nc2ccccc2n1-c1ccc(-c2c3ccccc3c(-c3ccccc3)c3cc(-c4ccccc4)ccc23)cc1. The Balaban J connectivity index is 1.37. The van der Waals surface area contributed by atoms with E-state index in [4.69, 9.17) is 4.98 Å². The summed E-state index contributed by atoms with van der Waals surface area (Å²) in [6.45, 7) is 4.51. The molecule has 0 fully saturated rings. The minimum atomic E-state index is 0.515. The Morgan fingerprint density at radius 2 is 1.02 bits per heavy atom. The normalized spacial score (nSPS) is 11.6. The quantitative estimate of drug-likeness (QED) is 0.179. The van der Waals surface area contributed by atoms with Gasteiger partial charge in [0.05, 0.1) is 11.0 Å². The lowest BCUT2D eigenvalue weighted by atomic mass is 9.85. The second kappa shape index (κ2) is 11.2. The van der Waals surface area contributed by atoms with Gasteiger partial charge in [0.2, 0.25) is 0 Å². The van der Waals surface area contributed by atoms with E-state index in [2.05, 4.69) is 170 Å². The Labute approximate surface area is 264 Å². The Morgan fingerprint density at radius 1 is 0.489 bits per heavy atom. The number of benzene rings is 7. The summed E-state index contributed by atoms with van der Waals surface area (Å²) in [5.41, 5.74) is 10.8. The van der Waals surface area contributed by atoms with Crippen LogP contribution in [0.15, 0.2) is 152 Å². The Morgan fingerprint density at radius 3 is 1.71 bits per heavy atom. The molecule has 7 aromatic carbocycles. The summed E-state index contributed by atoms with van der Waals surface area (Å²) in [5, 5.41) is 5.05. The number of hydrogen-bond donors (Lipinski definition) is 0. The van der Waals surface area contributed by atoms with E-state index in [1.807, 2.05) is 0 Å². The van der Waals surface area contributed by atoms with Crippen LogP contribution in [0.1, 0.15) is 19.7 Å². The van der Waals surface area contributed by atoms with Gasteiger partial charge in [0.25, 0.3) is 0 Å². The van der Waals surface area contributed by atoms with E-state index in [1.54, 1.807) is 0 Å². The fourth-order valence-electron chi connectivity index (χ4n) is 6.86. The van der Waals surface area contributed by atoms with Gasteiger partial charge in [0, 0.05) is 12.1 Å². The van der Waals surface area contributed by atoms with Crippen molar-refractivity contribution in [2.45, 2.75) is 20.3 Å². The van der Waals surface area contributed by atoms with Crippen LogP contribution in [0.3, 0.4) is 0 Å². The van der Waals surface area contributed by atoms with Gasteiger partial charge in [-0.25, -0.2) is 4.98 Å². The fraction of sp³-hybridized carbons (Fsp3) is 0.0930. The summed E-state index contributed by atoms with van der Waals surface area (Å²) in [4.78, 5) is 5.03. The molecular weight excluding hydrogens is 544 g/mol. The molecule has 0 atom stereocenters. The van der Waals surface area contributed by atoms with Crippen molar-refractivity contribution in [2.24, 2.45) is 5.92 Å². The van der Waals surface area contributed by atoms with Gasteiger partial charge < -0.3 is 0 Å². The molecule has 216 valence electrons. The summed E-state index contributed by atoms with van der Waals surface area (Å²) >= 11 is 0. The molecule has 2 heteroatoms. The highest BCUT2D eigenvalue weighted by Gasteiger charge is 2.18. The summed E-state index contributed by atoms with van der Waals surface area (Å²) in [6, 6.07) is 54.9. The highest BCUT2D eigenvalue weighted by molar-refractivity contribution is 6.22. The molecule has 0 aliphatic heterocycles. The summed E-state index contributed by atoms with van der Waals surface area (Å²) in [5.74, 6) is 1.62. The minimum absolute atomic E-state index is 0.515. The van der Waals surface area contributed by atoms with Gasteiger partial charge in [0.15, 0.2) is 0 Å². The Hall–Kier alpha value is -5.47. The molecule has 2 nitrogen and oxygen atoms in total. The second-order valence-corrected chi connectivity index (χ2v) is 12.3. The molecule has 0 bridgehead atoms. The third-order valence-electron chi connectivity index (χ3n) is 8.83. The molecule has 0 spiro atoms. The van der Waals surface area contributed by atoms with Crippen LogP contribution >= 0.6 is 0 Å². The van der Waals surface area contributed by atoms with Crippen LogP contribution in [0.25, 0.3) is 71.6 Å². The fourth-order valence-corrected chi connectivity index (χ4v) is 6.86. The lowest BCUT2D eigenvalue weighted by Gasteiger charge is -2.19. The molecule has 0 N–H and O–H groups in total. The Bertz CT molecular complexity index is 2290. The first kappa shape index (κ1) is 27.1. The number of fused-ring (bicyclic) bond motifs is 3. The predicted molar refractivity (Wildman–Crippen MR) is 191 cm³/mol. The molecule has 8 aromatic rings. The average molecular weight is 579 g/mol. The molecule has 0 aliphatic rings. The number of nitrogens with zero attached hydrogens (tertiary/aromatic N) is 2. The van der Waals surface area contributed by atoms with Crippen molar-refractivity contribution in [3.63, 3.8) is 0 Å². The first-order valence-electron chi connectivity index (χ1n) is 15.8. The molecule has 1 aromatic heterocycles. The summed E-state index contributed by atoms with van der Waals surface area (Å²) in [7, 11) is 0. The number of hydrogen-bond acceptors (Lipinski definition) is 1. The molecule has 0 saturated heterocycles. The lowest BCUT2D eigenvalue weighted by molar-refractivity contribution is 0.616. The molecular formula is C43H34N2. The van der Waals surface area contributed by atoms with Gasteiger partial charge in [-0.2, -0.15) is 0 Å². The van der Waals surface area contributed by atoms with Crippen molar-refractivity contribution >= 4 is 32.6 Å². The Kier molecular flexibility index (Phi) is 6.76. The van der Waals surface area contributed by atoms with Gasteiger partial charge >= 0.3 is 0 Å². The summed E-state index contributed by atoms with van der Waals surface area (Å²) < 4.78 is 2.33. The van der Waals surface area contributed by atoms with E-state index >= 15 is 0 Å². The summed E-state index contributed by atoms with van der Waals surface area (Å²) in [6.07, 6.45) is 0.927. The van der Waals surface area contributed by atoms with Gasteiger partial charge in [0.1, 0.15) is 5.82 Å². The van der Waals surface area contributed by atoms with Gasteiger partial charge in [-0.05, 0) is 91.2 Å². The zero-order valence-corrected chi connectivity index (χ0v) is 25.6. The van der Waals surface area contributed by atoms with Crippen molar-refractivity contribution in [1.82, 2.24) is 9.55 Å². The van der Waals surface area contributed by atoms with Crippen LogP contribution in [0.4, 0.5) is 0 Å². The third-order valence-corrected chi connectivity index (χ3v) is 8.83. The number of para-hydroxylation sites is 2. The van der Waals surface area contributed by atoms with Gasteiger partial charge in [-0.3, -0.25) is 4.57 Å². The van der Waals surface area contributed by atoms with E-state index in [1.165, 1.54) is 54.9 Å². The van der Waals surface area contributed by atoms with Crippen molar-refractivity contribution in [3.8, 4) is 39.1 Å². The van der Waals surface area contributed by atoms with Crippen molar-refractivity contribution in [3.05, 3.63) is 157 Å². The average Bonchev–Trinajstić information content (AvgIpc) is 3.45. The van der Waals surface area contributed by atoms with Crippen molar-refractivity contribution < 1.29 is 0 Å². The van der Waals surface area contributed by atoms with E-state index in [0.717, 1.165) is 29.0 Å². The third kappa shape index (κ3) is 4.80. The zero-order chi connectivity index (χ0) is 30.3. The van der Waals surface area contributed by atoms with Crippen LogP contribution in [0.2, 0.25) is 0 Å². The van der Waals surface area contributed by atoms with Crippen LogP contribution < -0.4 is 0 Å². The smallest absolute Gasteiger partial charge is 0.114 e. The highest BCUT2D eigenvalue weighted by atomic mass is 15.1. The maximum absolute atomic E-state index is 5.03. The maximum atomic E-state index is 5.03. The molecule has 0 unspecified atom stereocenters. The van der Waals surface area contributed by atoms with Gasteiger partial charge in [-0.1, -0.05) is 135 Å². The van der Waals surface area contributed by atoms with E-state index in [9.17, 15) is 0 Å². The van der Waals surface area contributed by atoms with Crippen LogP contribution in [-0.2, 0) is 6.42 Å². The molecule has 0 amide bonds. The van der Waals surface area contributed by atoms with Crippen molar-refractivity contribution in [2.75, 3.05) is 0 Å². The number of rotatable bonds is 6. The maximum Gasteiger partial charge on any atom is 0.114 e. The molecule has 8 rings (SSSR count). The second-order valence-electron chi connectivity index (χ2n) is 12.3. The minimum Gasteiger partial charge on any atom is -0.296 e. The zero-order valence-electron chi connectivity index (χ0n) is 25.6.